The first-order chi connectivity index (χ1) is 14.5. The number of benzene rings is 2. The molecule has 31 heavy (non-hydrogen) atoms. The van der Waals surface area contributed by atoms with E-state index in [9.17, 15) is 4.79 Å². The molecule has 7 heteroatoms. The third-order valence-corrected chi connectivity index (χ3v) is 5.31. The van der Waals surface area contributed by atoms with Gasteiger partial charge in [-0.2, -0.15) is 0 Å². The van der Waals surface area contributed by atoms with Gasteiger partial charge in [-0.1, -0.05) is 83.8 Å². The van der Waals surface area contributed by atoms with Gasteiger partial charge in [0, 0.05) is 30.9 Å². The van der Waals surface area contributed by atoms with Crippen LogP contribution >= 0.6 is 31.9 Å². The van der Waals surface area contributed by atoms with E-state index in [2.05, 4.69) is 45.7 Å². The number of ether oxygens (including phenoxy) is 2. The van der Waals surface area contributed by atoms with E-state index in [1.54, 1.807) is 26.0 Å². The molecule has 172 valence electrons. The molecule has 0 amide bonds. The molecule has 0 saturated carbocycles. The minimum Gasteiger partial charge on any atom is -0.396 e. The molecule has 0 radical (unpaired) electrons. The highest BCUT2D eigenvalue weighted by atomic mass is 79.9. The van der Waals surface area contributed by atoms with E-state index in [-0.39, 0.29) is 30.3 Å². The molecule has 0 aliphatic carbocycles. The fraction of sp³-hybridized carbons (Fsp3) is 0.458. The van der Waals surface area contributed by atoms with Crippen LogP contribution in [0.3, 0.4) is 0 Å². The Kier molecular flexibility index (Phi) is 12.1. The van der Waals surface area contributed by atoms with E-state index in [1.807, 2.05) is 36.4 Å². The van der Waals surface area contributed by atoms with Crippen molar-refractivity contribution in [2.45, 2.75) is 34.0 Å². The summed E-state index contributed by atoms with van der Waals surface area (Å²) in [4.78, 5) is 10.1. The average molecular weight is 560 g/mol. The molecule has 1 fully saturated rings. The zero-order chi connectivity index (χ0) is 23.5. The highest BCUT2D eigenvalue weighted by molar-refractivity contribution is 9.10. The topological polar surface area (TPSA) is 76.0 Å². The summed E-state index contributed by atoms with van der Waals surface area (Å²) >= 11 is 6.66. The van der Waals surface area contributed by atoms with E-state index < -0.39 is 0 Å². The molecule has 2 N–H and O–H groups in total. The van der Waals surface area contributed by atoms with Crippen LogP contribution in [-0.4, -0.2) is 42.9 Å². The molecule has 0 aromatic heterocycles. The van der Waals surface area contributed by atoms with Crippen molar-refractivity contribution < 1.29 is 24.5 Å². The van der Waals surface area contributed by atoms with Gasteiger partial charge in [0.25, 0.3) is 0 Å². The second kappa shape index (κ2) is 13.5. The zero-order valence-electron chi connectivity index (χ0n) is 18.5. The lowest BCUT2D eigenvalue weighted by Gasteiger charge is -2.34. The summed E-state index contributed by atoms with van der Waals surface area (Å²) in [6.07, 6.45) is 0.623. The van der Waals surface area contributed by atoms with Gasteiger partial charge in [-0.25, -0.2) is 0 Å². The largest absolute Gasteiger partial charge is 0.396 e. The van der Waals surface area contributed by atoms with Gasteiger partial charge in [0.05, 0.1) is 26.4 Å². The molecule has 0 bridgehead atoms. The Morgan fingerprint density at radius 2 is 1.35 bits per heavy atom. The maximum atomic E-state index is 10.1. The third-order valence-electron chi connectivity index (χ3n) is 4.26. The SMILES string of the molecule is CC(C)(CO)CO.CC1(C)COC(c2ccc(Br)cc2)OC1.O=Cc1ccc(Br)cc1. The van der Waals surface area contributed by atoms with Crippen LogP contribution < -0.4 is 0 Å². The normalized spacial score (nSPS) is 15.7. The maximum absolute atomic E-state index is 10.1. The summed E-state index contributed by atoms with van der Waals surface area (Å²) in [5, 5.41) is 16.9. The minimum atomic E-state index is -0.306. The first-order valence-corrected chi connectivity index (χ1v) is 11.5. The number of rotatable bonds is 4. The first-order valence-electron chi connectivity index (χ1n) is 9.93. The molecule has 1 heterocycles. The van der Waals surface area contributed by atoms with Gasteiger partial charge in [-0.05, 0) is 24.3 Å². The minimum absolute atomic E-state index is 0.0451. The fourth-order valence-corrected chi connectivity index (χ4v) is 2.62. The van der Waals surface area contributed by atoms with Crippen molar-refractivity contribution in [1.82, 2.24) is 0 Å². The Morgan fingerprint density at radius 3 is 1.71 bits per heavy atom. The molecular formula is C24H32Br2O5. The highest BCUT2D eigenvalue weighted by Gasteiger charge is 2.28. The Bertz CT molecular complexity index is 758. The van der Waals surface area contributed by atoms with Crippen molar-refractivity contribution in [3.63, 3.8) is 0 Å². The molecule has 0 atom stereocenters. The third kappa shape index (κ3) is 11.4. The molecule has 1 aliphatic heterocycles. The number of hydrogen-bond acceptors (Lipinski definition) is 5. The van der Waals surface area contributed by atoms with Crippen LogP contribution in [0.15, 0.2) is 57.5 Å². The van der Waals surface area contributed by atoms with Crippen LogP contribution in [0, 0.1) is 10.8 Å². The summed E-state index contributed by atoms with van der Waals surface area (Å²) in [5.74, 6) is 0. The van der Waals surface area contributed by atoms with Crippen molar-refractivity contribution >= 4 is 38.1 Å². The molecule has 0 unspecified atom stereocenters. The lowest BCUT2D eigenvalue weighted by molar-refractivity contribution is -0.226. The average Bonchev–Trinajstić information content (AvgIpc) is 2.76. The standard InChI is InChI=1S/C12H15BrO2.C7H5BrO.C5H12O2/c1-12(2)7-14-11(15-8-12)9-3-5-10(13)6-4-9;8-7-3-1-6(5-9)2-4-7;1-5(2,3-6)4-7/h3-6,11H,7-8H2,1-2H3;1-5H;6-7H,3-4H2,1-2H3. The molecule has 1 aliphatic rings. The highest BCUT2D eigenvalue weighted by Crippen LogP contribution is 2.31. The number of hydrogen-bond donors (Lipinski definition) is 2. The number of carbonyl (C=O) groups is 1. The Balaban J connectivity index is 0.000000257. The van der Waals surface area contributed by atoms with Crippen LogP contribution in [0.2, 0.25) is 0 Å². The molecule has 1 saturated heterocycles. The van der Waals surface area contributed by atoms with E-state index in [0.29, 0.717) is 5.56 Å². The quantitative estimate of drug-likeness (QED) is 0.464. The Labute approximate surface area is 202 Å². The van der Waals surface area contributed by atoms with Gasteiger partial charge < -0.3 is 19.7 Å². The lowest BCUT2D eigenvalue weighted by atomic mass is 9.95. The Morgan fingerprint density at radius 1 is 0.935 bits per heavy atom. The van der Waals surface area contributed by atoms with E-state index >= 15 is 0 Å². The van der Waals surface area contributed by atoms with E-state index in [0.717, 1.165) is 34.0 Å². The summed E-state index contributed by atoms with van der Waals surface area (Å²) in [7, 11) is 0. The summed E-state index contributed by atoms with van der Waals surface area (Å²) < 4.78 is 13.4. The monoisotopic (exact) mass is 558 g/mol. The second-order valence-corrected chi connectivity index (χ2v) is 10.7. The van der Waals surface area contributed by atoms with Gasteiger partial charge in [-0.15, -0.1) is 0 Å². The zero-order valence-corrected chi connectivity index (χ0v) is 21.6. The van der Waals surface area contributed by atoms with Crippen molar-refractivity contribution in [2.75, 3.05) is 26.4 Å². The van der Waals surface area contributed by atoms with Crippen LogP contribution in [0.5, 0.6) is 0 Å². The van der Waals surface area contributed by atoms with Crippen molar-refractivity contribution in [3.8, 4) is 0 Å². The van der Waals surface area contributed by atoms with Crippen LogP contribution in [0.25, 0.3) is 0 Å². The summed E-state index contributed by atoms with van der Waals surface area (Å²) in [5.41, 5.74) is 1.61. The lowest BCUT2D eigenvalue weighted by Crippen LogP contribution is -2.33. The summed E-state index contributed by atoms with van der Waals surface area (Å²) in [6, 6.07) is 15.2. The predicted molar refractivity (Wildman–Crippen MR) is 130 cm³/mol. The smallest absolute Gasteiger partial charge is 0.183 e. The number of aldehydes is 1. The number of aliphatic hydroxyl groups is 2. The number of halogens is 2. The van der Waals surface area contributed by atoms with Crippen molar-refractivity contribution in [2.24, 2.45) is 10.8 Å². The second-order valence-electron chi connectivity index (χ2n) is 8.82. The molecule has 3 rings (SSSR count). The van der Waals surface area contributed by atoms with Crippen molar-refractivity contribution in [1.29, 1.82) is 0 Å². The number of carbonyl (C=O) groups excluding carboxylic acids is 1. The van der Waals surface area contributed by atoms with Gasteiger partial charge in [0.15, 0.2) is 6.29 Å². The van der Waals surface area contributed by atoms with Gasteiger partial charge in [0.2, 0.25) is 0 Å². The molecule has 2 aromatic rings. The molecule has 2 aromatic carbocycles. The Hall–Kier alpha value is -1.09. The first kappa shape index (κ1) is 27.9. The van der Waals surface area contributed by atoms with Gasteiger partial charge in [-0.3, -0.25) is 4.79 Å². The molecule has 0 spiro atoms. The van der Waals surface area contributed by atoms with E-state index in [4.69, 9.17) is 19.7 Å². The predicted octanol–water partition coefficient (Wildman–Crippen LogP) is 5.78. The van der Waals surface area contributed by atoms with Gasteiger partial charge in [0.1, 0.15) is 6.29 Å². The van der Waals surface area contributed by atoms with Gasteiger partial charge >= 0.3 is 0 Å². The molecule has 5 nitrogen and oxygen atoms in total. The van der Waals surface area contributed by atoms with Crippen molar-refractivity contribution in [3.05, 3.63) is 68.6 Å². The van der Waals surface area contributed by atoms with Crippen LogP contribution in [0.1, 0.15) is 49.9 Å². The maximum Gasteiger partial charge on any atom is 0.183 e. The number of aliphatic hydroxyl groups excluding tert-OH is 2. The van der Waals surface area contributed by atoms with Crippen LogP contribution in [-0.2, 0) is 9.47 Å². The summed E-state index contributed by atoms with van der Waals surface area (Å²) in [6.45, 7) is 9.46. The van der Waals surface area contributed by atoms with E-state index in [1.165, 1.54) is 0 Å². The van der Waals surface area contributed by atoms with Crippen LogP contribution in [0.4, 0.5) is 0 Å². The fourth-order valence-electron chi connectivity index (χ4n) is 2.10. The molecular weight excluding hydrogens is 528 g/mol.